The lowest BCUT2D eigenvalue weighted by atomic mass is 10.1. The fraction of sp³-hybridized carbons (Fsp3) is 0.167. The number of thiazole rings is 1. The molecule has 17 heavy (non-hydrogen) atoms. The van der Waals surface area contributed by atoms with Crippen LogP contribution in [0.1, 0.15) is 21.6 Å². The lowest BCUT2D eigenvalue weighted by Gasteiger charge is -2.08. The summed E-state index contributed by atoms with van der Waals surface area (Å²) in [5, 5.41) is 14.9. The van der Waals surface area contributed by atoms with Crippen molar-refractivity contribution in [3.8, 4) is 0 Å². The number of rotatable bonds is 3. The van der Waals surface area contributed by atoms with Crippen LogP contribution >= 0.6 is 11.3 Å². The molecule has 0 spiro atoms. The molecular formula is C12H12N2O2S. The van der Waals surface area contributed by atoms with Gasteiger partial charge in [0.05, 0.1) is 11.3 Å². The predicted molar refractivity (Wildman–Crippen MR) is 68.3 cm³/mol. The third-order valence-corrected chi connectivity index (χ3v) is 3.30. The predicted octanol–water partition coefficient (Wildman–Crippen LogP) is 3.20. The molecule has 1 heterocycles. The van der Waals surface area contributed by atoms with E-state index >= 15 is 0 Å². The summed E-state index contributed by atoms with van der Waals surface area (Å²) in [5.41, 5.74) is 2.75. The molecule has 2 aromatic rings. The van der Waals surface area contributed by atoms with Gasteiger partial charge in [0, 0.05) is 11.1 Å². The van der Waals surface area contributed by atoms with Crippen LogP contribution in [0.15, 0.2) is 23.6 Å². The van der Waals surface area contributed by atoms with E-state index in [4.69, 9.17) is 5.11 Å². The fourth-order valence-electron chi connectivity index (χ4n) is 1.53. The second-order valence-corrected chi connectivity index (χ2v) is 4.56. The number of nitrogens with one attached hydrogen (secondary N) is 1. The maximum absolute atomic E-state index is 11.0. The molecule has 0 fully saturated rings. The summed E-state index contributed by atoms with van der Waals surface area (Å²) in [6.45, 7) is 3.70. The van der Waals surface area contributed by atoms with Crippen molar-refractivity contribution in [1.82, 2.24) is 4.98 Å². The van der Waals surface area contributed by atoms with Crippen molar-refractivity contribution >= 4 is 28.1 Å². The summed E-state index contributed by atoms with van der Waals surface area (Å²) in [6, 6.07) is 5.16. The van der Waals surface area contributed by atoms with Gasteiger partial charge in [-0.3, -0.25) is 0 Å². The summed E-state index contributed by atoms with van der Waals surface area (Å²) in [4.78, 5) is 15.3. The first-order valence-corrected chi connectivity index (χ1v) is 5.98. The Morgan fingerprint density at radius 1 is 1.41 bits per heavy atom. The number of aromatic nitrogens is 1. The van der Waals surface area contributed by atoms with Crippen LogP contribution in [0, 0.1) is 13.8 Å². The fourth-order valence-corrected chi connectivity index (χ4v) is 2.23. The number of carboxylic acid groups (broad SMARTS) is 1. The number of aromatic carboxylic acids is 1. The zero-order valence-corrected chi connectivity index (χ0v) is 10.3. The topological polar surface area (TPSA) is 62.2 Å². The summed E-state index contributed by atoms with van der Waals surface area (Å²) in [5.74, 6) is -0.915. The van der Waals surface area contributed by atoms with Crippen molar-refractivity contribution in [2.45, 2.75) is 13.8 Å². The Bertz CT molecular complexity index is 563. The Morgan fingerprint density at radius 2 is 2.18 bits per heavy atom. The van der Waals surface area contributed by atoms with Crippen molar-refractivity contribution in [3.63, 3.8) is 0 Å². The molecule has 0 saturated carbocycles. The van der Waals surface area contributed by atoms with E-state index in [1.807, 2.05) is 18.4 Å². The van der Waals surface area contributed by atoms with Crippen molar-refractivity contribution in [2.24, 2.45) is 0 Å². The molecular weight excluding hydrogens is 236 g/mol. The highest BCUT2D eigenvalue weighted by Gasteiger charge is 2.10. The standard InChI is InChI=1S/C12H12N2O2S/c1-7-6-17-12(13-7)14-10-5-3-4-9(8(10)2)11(15)16/h3-6H,1-2H3,(H,13,14)(H,15,16). The quantitative estimate of drug-likeness (QED) is 0.875. The molecule has 5 heteroatoms. The molecule has 4 nitrogen and oxygen atoms in total. The smallest absolute Gasteiger partial charge is 0.336 e. The minimum Gasteiger partial charge on any atom is -0.478 e. The molecule has 2 rings (SSSR count). The second-order valence-electron chi connectivity index (χ2n) is 3.70. The largest absolute Gasteiger partial charge is 0.478 e. The van der Waals surface area contributed by atoms with Gasteiger partial charge in [0.2, 0.25) is 0 Å². The van der Waals surface area contributed by atoms with Gasteiger partial charge >= 0.3 is 5.97 Å². The third-order valence-electron chi connectivity index (χ3n) is 2.42. The van der Waals surface area contributed by atoms with Gasteiger partial charge in [0.1, 0.15) is 0 Å². The molecule has 2 N–H and O–H groups in total. The van der Waals surface area contributed by atoms with Gasteiger partial charge in [-0.1, -0.05) is 6.07 Å². The Morgan fingerprint density at radius 3 is 2.76 bits per heavy atom. The number of hydrogen-bond acceptors (Lipinski definition) is 4. The maximum Gasteiger partial charge on any atom is 0.336 e. The van der Waals surface area contributed by atoms with Crippen molar-refractivity contribution in [2.75, 3.05) is 5.32 Å². The van der Waals surface area contributed by atoms with E-state index in [0.717, 1.165) is 16.5 Å². The minimum absolute atomic E-state index is 0.309. The van der Waals surface area contributed by atoms with Crippen LogP contribution < -0.4 is 5.32 Å². The van der Waals surface area contributed by atoms with Gasteiger partial charge < -0.3 is 10.4 Å². The van der Waals surface area contributed by atoms with Crippen molar-refractivity contribution < 1.29 is 9.90 Å². The maximum atomic E-state index is 11.0. The third kappa shape index (κ3) is 2.45. The molecule has 0 atom stereocenters. The number of hydrogen-bond donors (Lipinski definition) is 2. The summed E-state index contributed by atoms with van der Waals surface area (Å²) < 4.78 is 0. The molecule has 0 saturated heterocycles. The monoisotopic (exact) mass is 248 g/mol. The number of nitrogens with zero attached hydrogens (tertiary/aromatic N) is 1. The van der Waals surface area contributed by atoms with Crippen LogP contribution in [-0.4, -0.2) is 16.1 Å². The highest BCUT2D eigenvalue weighted by molar-refractivity contribution is 7.13. The molecule has 88 valence electrons. The number of anilines is 2. The SMILES string of the molecule is Cc1csc(Nc2cccc(C(=O)O)c2C)n1. The van der Waals surface area contributed by atoms with E-state index in [9.17, 15) is 4.79 Å². The summed E-state index contributed by atoms with van der Waals surface area (Å²) in [6.07, 6.45) is 0. The molecule has 0 radical (unpaired) electrons. The zero-order chi connectivity index (χ0) is 12.4. The molecule has 1 aromatic heterocycles. The van der Waals surface area contributed by atoms with E-state index in [1.54, 1.807) is 19.1 Å². The minimum atomic E-state index is -0.915. The molecule has 0 bridgehead atoms. The normalized spacial score (nSPS) is 10.2. The van der Waals surface area contributed by atoms with Crippen LogP contribution in [0.4, 0.5) is 10.8 Å². The molecule has 0 amide bonds. The van der Waals surface area contributed by atoms with Gasteiger partial charge in [-0.05, 0) is 31.5 Å². The second kappa shape index (κ2) is 4.55. The van der Waals surface area contributed by atoms with Crippen molar-refractivity contribution in [3.05, 3.63) is 40.4 Å². The van der Waals surface area contributed by atoms with Crippen LogP contribution in [0.3, 0.4) is 0 Å². The first kappa shape index (κ1) is 11.6. The molecule has 0 aliphatic heterocycles. The highest BCUT2D eigenvalue weighted by atomic mass is 32.1. The van der Waals surface area contributed by atoms with E-state index in [2.05, 4.69) is 10.3 Å². The highest BCUT2D eigenvalue weighted by Crippen LogP contribution is 2.25. The van der Waals surface area contributed by atoms with Gasteiger partial charge in [0.25, 0.3) is 0 Å². The van der Waals surface area contributed by atoms with Gasteiger partial charge in [-0.15, -0.1) is 11.3 Å². The lowest BCUT2D eigenvalue weighted by molar-refractivity contribution is 0.0696. The Hall–Kier alpha value is -1.88. The van der Waals surface area contributed by atoms with Crippen LogP contribution in [0.5, 0.6) is 0 Å². The van der Waals surface area contributed by atoms with Crippen LogP contribution in [0.25, 0.3) is 0 Å². The average molecular weight is 248 g/mol. The molecule has 0 aliphatic carbocycles. The molecule has 0 unspecified atom stereocenters. The summed E-state index contributed by atoms with van der Waals surface area (Å²) in [7, 11) is 0. The van der Waals surface area contributed by atoms with E-state index in [0.29, 0.717) is 11.1 Å². The molecule has 1 aromatic carbocycles. The number of carbonyl (C=O) groups is 1. The lowest BCUT2D eigenvalue weighted by Crippen LogP contribution is -2.02. The number of aryl methyl sites for hydroxylation is 1. The van der Waals surface area contributed by atoms with Crippen LogP contribution in [0.2, 0.25) is 0 Å². The first-order valence-electron chi connectivity index (χ1n) is 5.10. The number of carboxylic acids is 1. The van der Waals surface area contributed by atoms with Crippen molar-refractivity contribution in [1.29, 1.82) is 0 Å². The van der Waals surface area contributed by atoms with E-state index in [1.165, 1.54) is 11.3 Å². The Labute approximate surface area is 103 Å². The summed E-state index contributed by atoms with van der Waals surface area (Å²) >= 11 is 1.50. The van der Waals surface area contributed by atoms with Gasteiger partial charge in [-0.25, -0.2) is 9.78 Å². The first-order chi connectivity index (χ1) is 8.08. The Balaban J connectivity index is 2.33. The zero-order valence-electron chi connectivity index (χ0n) is 9.52. The van der Waals surface area contributed by atoms with Crippen LogP contribution in [-0.2, 0) is 0 Å². The Kier molecular flexibility index (Phi) is 3.10. The van der Waals surface area contributed by atoms with E-state index in [-0.39, 0.29) is 0 Å². The average Bonchev–Trinajstić information content (AvgIpc) is 2.67. The molecule has 0 aliphatic rings. The van der Waals surface area contributed by atoms with E-state index < -0.39 is 5.97 Å². The van der Waals surface area contributed by atoms with Gasteiger partial charge in [0.15, 0.2) is 5.13 Å². The number of benzene rings is 1. The van der Waals surface area contributed by atoms with Gasteiger partial charge in [-0.2, -0.15) is 0 Å².